The molecule has 2 unspecified atom stereocenters. The first-order valence-corrected chi connectivity index (χ1v) is 10.1. The third-order valence-corrected chi connectivity index (χ3v) is 7.41. The van der Waals surface area contributed by atoms with Gasteiger partial charge in [0.2, 0.25) is 0 Å². The van der Waals surface area contributed by atoms with Crippen LogP contribution in [0.25, 0.3) is 0 Å². The molecule has 2 heterocycles. The summed E-state index contributed by atoms with van der Waals surface area (Å²) >= 11 is 0. The van der Waals surface area contributed by atoms with Gasteiger partial charge in [0.1, 0.15) is 0 Å². The topological polar surface area (TPSA) is 49.4 Å². The zero-order valence-electron chi connectivity index (χ0n) is 12.6. The lowest BCUT2D eigenvalue weighted by Crippen LogP contribution is -2.66. The van der Waals surface area contributed by atoms with Crippen LogP contribution >= 0.6 is 0 Å². The minimum Gasteiger partial charge on any atom is -0.308 e. The van der Waals surface area contributed by atoms with Crippen molar-refractivity contribution in [2.24, 2.45) is 0 Å². The fourth-order valence-corrected chi connectivity index (χ4v) is 6.16. The number of sulfone groups is 1. The van der Waals surface area contributed by atoms with E-state index < -0.39 is 9.84 Å². The molecule has 3 fully saturated rings. The highest BCUT2D eigenvalue weighted by Gasteiger charge is 2.43. The van der Waals surface area contributed by atoms with Crippen molar-refractivity contribution in [1.29, 1.82) is 0 Å². The van der Waals surface area contributed by atoms with Crippen molar-refractivity contribution in [3.8, 4) is 0 Å². The summed E-state index contributed by atoms with van der Waals surface area (Å²) in [5.74, 6) is 0.789. The van der Waals surface area contributed by atoms with Crippen molar-refractivity contribution in [3.05, 3.63) is 0 Å². The average Bonchev–Trinajstić information content (AvgIpc) is 2.86. The van der Waals surface area contributed by atoms with Gasteiger partial charge in [-0.15, -0.1) is 0 Å². The maximum absolute atomic E-state index is 12.0. The molecule has 2 aliphatic heterocycles. The minimum atomic E-state index is -2.81. The molecule has 5 heteroatoms. The van der Waals surface area contributed by atoms with Gasteiger partial charge in [0.25, 0.3) is 0 Å². The number of hydrogen-bond donors (Lipinski definition) is 1. The molecule has 2 atom stereocenters. The first-order chi connectivity index (χ1) is 9.54. The number of nitrogens with one attached hydrogen (secondary N) is 1. The standard InChI is InChI=1S/C15H28N2O2S/c1-2-13-10-16-15(7-3-4-8-15)12-17(13)14-6-5-9-20(18,19)11-14/h13-14,16H,2-12H2,1H3. The van der Waals surface area contributed by atoms with Gasteiger partial charge in [0.15, 0.2) is 9.84 Å². The van der Waals surface area contributed by atoms with Gasteiger partial charge in [-0.2, -0.15) is 0 Å². The van der Waals surface area contributed by atoms with Crippen LogP contribution in [0.1, 0.15) is 51.9 Å². The van der Waals surface area contributed by atoms with E-state index in [1.54, 1.807) is 0 Å². The van der Waals surface area contributed by atoms with Crippen molar-refractivity contribution in [2.75, 3.05) is 24.6 Å². The van der Waals surface area contributed by atoms with E-state index in [2.05, 4.69) is 17.1 Å². The van der Waals surface area contributed by atoms with Crippen molar-refractivity contribution in [2.45, 2.75) is 69.5 Å². The summed E-state index contributed by atoms with van der Waals surface area (Å²) in [5, 5.41) is 3.79. The minimum absolute atomic E-state index is 0.262. The fraction of sp³-hybridized carbons (Fsp3) is 1.00. The second kappa shape index (κ2) is 5.58. The quantitative estimate of drug-likeness (QED) is 0.841. The van der Waals surface area contributed by atoms with E-state index >= 15 is 0 Å². The van der Waals surface area contributed by atoms with Gasteiger partial charge >= 0.3 is 0 Å². The van der Waals surface area contributed by atoms with Crippen LogP contribution in [-0.4, -0.2) is 55.5 Å². The third kappa shape index (κ3) is 2.90. The van der Waals surface area contributed by atoms with Crippen molar-refractivity contribution >= 4 is 9.84 Å². The van der Waals surface area contributed by atoms with Crippen LogP contribution in [0.2, 0.25) is 0 Å². The maximum atomic E-state index is 12.0. The molecule has 116 valence electrons. The van der Waals surface area contributed by atoms with Gasteiger partial charge in [0, 0.05) is 30.7 Å². The molecule has 3 aliphatic rings. The lowest BCUT2D eigenvalue weighted by molar-refractivity contribution is 0.0434. The van der Waals surface area contributed by atoms with Gasteiger partial charge < -0.3 is 5.32 Å². The highest BCUT2D eigenvalue weighted by Crippen LogP contribution is 2.35. The number of rotatable bonds is 2. The van der Waals surface area contributed by atoms with Crippen LogP contribution in [0, 0.1) is 0 Å². The van der Waals surface area contributed by atoms with Gasteiger partial charge in [-0.25, -0.2) is 8.42 Å². The smallest absolute Gasteiger partial charge is 0.151 e. The summed E-state index contributed by atoms with van der Waals surface area (Å²) in [6, 6.07) is 0.776. The Labute approximate surface area is 123 Å². The van der Waals surface area contributed by atoms with Gasteiger partial charge in [-0.3, -0.25) is 4.90 Å². The SMILES string of the molecule is CCC1CNC2(CCCC2)CN1C1CCCS(=O)(=O)C1. The zero-order valence-corrected chi connectivity index (χ0v) is 13.4. The Bertz CT molecular complexity index is 443. The largest absolute Gasteiger partial charge is 0.308 e. The molecule has 0 aromatic rings. The van der Waals surface area contributed by atoms with E-state index in [4.69, 9.17) is 0 Å². The van der Waals surface area contributed by atoms with E-state index in [-0.39, 0.29) is 11.6 Å². The van der Waals surface area contributed by atoms with E-state index in [0.717, 1.165) is 32.4 Å². The molecular weight excluding hydrogens is 272 g/mol. The van der Waals surface area contributed by atoms with Gasteiger partial charge in [0.05, 0.1) is 11.5 Å². The second-order valence-corrected chi connectivity index (χ2v) is 9.24. The molecular formula is C15H28N2O2S. The molecule has 20 heavy (non-hydrogen) atoms. The predicted octanol–water partition coefficient (Wildman–Crippen LogP) is 1.56. The average molecular weight is 300 g/mol. The maximum Gasteiger partial charge on any atom is 0.151 e. The van der Waals surface area contributed by atoms with Crippen LogP contribution < -0.4 is 5.32 Å². The number of nitrogens with zero attached hydrogens (tertiary/aromatic N) is 1. The van der Waals surface area contributed by atoms with E-state index in [0.29, 0.717) is 17.5 Å². The van der Waals surface area contributed by atoms with Crippen molar-refractivity contribution in [3.63, 3.8) is 0 Å². The van der Waals surface area contributed by atoms with E-state index in [9.17, 15) is 8.42 Å². The predicted molar refractivity (Wildman–Crippen MR) is 81.7 cm³/mol. The molecule has 2 saturated heterocycles. The molecule has 0 bridgehead atoms. The van der Waals surface area contributed by atoms with Crippen molar-refractivity contribution < 1.29 is 8.42 Å². The summed E-state index contributed by atoms with van der Waals surface area (Å²) in [4.78, 5) is 2.55. The lowest BCUT2D eigenvalue weighted by atomic mass is 9.90. The molecule has 4 nitrogen and oxygen atoms in total. The summed E-state index contributed by atoms with van der Waals surface area (Å²) in [6.07, 6.45) is 8.19. The van der Waals surface area contributed by atoms with Crippen LogP contribution in [0.5, 0.6) is 0 Å². The molecule has 1 N–H and O–H groups in total. The Hall–Kier alpha value is -0.130. The second-order valence-electron chi connectivity index (χ2n) is 7.01. The molecule has 0 aromatic carbocycles. The highest BCUT2D eigenvalue weighted by molar-refractivity contribution is 7.91. The summed E-state index contributed by atoms with van der Waals surface area (Å²) in [5.41, 5.74) is 0.285. The molecule has 1 spiro atoms. The summed E-state index contributed by atoms with van der Waals surface area (Å²) < 4.78 is 23.9. The first-order valence-electron chi connectivity index (χ1n) is 8.25. The van der Waals surface area contributed by atoms with Crippen LogP contribution in [0.4, 0.5) is 0 Å². The Morgan fingerprint density at radius 3 is 2.65 bits per heavy atom. The normalized spacial score (nSPS) is 37.2. The Morgan fingerprint density at radius 2 is 2.00 bits per heavy atom. The van der Waals surface area contributed by atoms with E-state index in [1.807, 2.05) is 0 Å². The first kappa shape index (κ1) is 14.8. The monoisotopic (exact) mass is 300 g/mol. The lowest BCUT2D eigenvalue weighted by Gasteiger charge is -2.50. The number of piperazine rings is 1. The van der Waals surface area contributed by atoms with Crippen LogP contribution in [0.15, 0.2) is 0 Å². The van der Waals surface area contributed by atoms with Gasteiger partial charge in [-0.1, -0.05) is 19.8 Å². The highest BCUT2D eigenvalue weighted by atomic mass is 32.2. The fourth-order valence-electron chi connectivity index (χ4n) is 4.44. The Kier molecular flexibility index (Phi) is 4.13. The summed E-state index contributed by atoms with van der Waals surface area (Å²) in [6.45, 7) is 4.32. The van der Waals surface area contributed by atoms with Crippen LogP contribution in [-0.2, 0) is 9.84 Å². The molecule has 1 saturated carbocycles. The molecule has 1 aliphatic carbocycles. The molecule has 3 rings (SSSR count). The molecule has 0 radical (unpaired) electrons. The molecule has 0 aromatic heterocycles. The summed E-state index contributed by atoms with van der Waals surface area (Å²) in [7, 11) is -2.81. The Morgan fingerprint density at radius 1 is 1.25 bits per heavy atom. The van der Waals surface area contributed by atoms with Crippen LogP contribution in [0.3, 0.4) is 0 Å². The molecule has 0 amide bonds. The Balaban J connectivity index is 1.76. The van der Waals surface area contributed by atoms with E-state index in [1.165, 1.54) is 25.7 Å². The zero-order chi connectivity index (χ0) is 14.2. The number of hydrogen-bond acceptors (Lipinski definition) is 4. The third-order valence-electron chi connectivity index (χ3n) is 5.61. The van der Waals surface area contributed by atoms with Gasteiger partial charge in [-0.05, 0) is 32.1 Å². The van der Waals surface area contributed by atoms with Crippen molar-refractivity contribution in [1.82, 2.24) is 10.2 Å².